The smallest absolute Gasteiger partial charge is 0.0568 e. The van der Waals surface area contributed by atoms with Crippen molar-refractivity contribution in [3.8, 4) is 0 Å². The van der Waals surface area contributed by atoms with Crippen LogP contribution in [0.1, 0.15) is 18.5 Å². The largest absolute Gasteiger partial charge is 0.397 e. The van der Waals surface area contributed by atoms with E-state index in [-0.39, 0.29) is 6.04 Å². The molecule has 0 radical (unpaired) electrons. The van der Waals surface area contributed by atoms with Crippen molar-refractivity contribution in [3.63, 3.8) is 0 Å². The summed E-state index contributed by atoms with van der Waals surface area (Å²) in [6.07, 6.45) is 0. The number of halogens is 1. The molecule has 2 aromatic carbocycles. The van der Waals surface area contributed by atoms with Crippen LogP contribution < -0.4 is 16.8 Å². The first kappa shape index (κ1) is 12.8. The third kappa shape index (κ3) is 2.96. The van der Waals surface area contributed by atoms with Crippen LogP contribution in [0.5, 0.6) is 0 Å². The van der Waals surface area contributed by atoms with Gasteiger partial charge in [-0.1, -0.05) is 28.1 Å². The lowest BCUT2D eigenvalue weighted by Gasteiger charge is -2.16. The van der Waals surface area contributed by atoms with Crippen LogP contribution in [0, 0.1) is 0 Å². The van der Waals surface area contributed by atoms with Gasteiger partial charge in [0.05, 0.1) is 11.4 Å². The predicted molar refractivity (Wildman–Crippen MR) is 81.4 cm³/mol. The van der Waals surface area contributed by atoms with Gasteiger partial charge in [0.15, 0.2) is 0 Å². The van der Waals surface area contributed by atoms with Gasteiger partial charge in [0.1, 0.15) is 0 Å². The highest BCUT2D eigenvalue weighted by Crippen LogP contribution is 2.24. The van der Waals surface area contributed by atoms with Gasteiger partial charge in [0, 0.05) is 16.2 Å². The predicted octanol–water partition coefficient (Wildman–Crippen LogP) is 3.79. The number of nitrogens with two attached hydrogens (primary N) is 2. The number of anilines is 3. The van der Waals surface area contributed by atoms with Gasteiger partial charge in [-0.15, -0.1) is 0 Å². The summed E-state index contributed by atoms with van der Waals surface area (Å²) in [6.45, 7) is 2.11. The van der Waals surface area contributed by atoms with Gasteiger partial charge in [0.2, 0.25) is 0 Å². The van der Waals surface area contributed by atoms with Gasteiger partial charge in [-0.05, 0) is 42.8 Å². The monoisotopic (exact) mass is 305 g/mol. The molecule has 1 atom stereocenters. The first-order valence-corrected chi connectivity index (χ1v) is 6.52. The highest BCUT2D eigenvalue weighted by Gasteiger charge is 2.05. The summed E-state index contributed by atoms with van der Waals surface area (Å²) < 4.78 is 1.08. The van der Waals surface area contributed by atoms with E-state index in [1.165, 1.54) is 5.56 Å². The summed E-state index contributed by atoms with van der Waals surface area (Å²) in [7, 11) is 0. The molecule has 0 aliphatic heterocycles. The van der Waals surface area contributed by atoms with Crippen molar-refractivity contribution in [2.24, 2.45) is 0 Å². The summed E-state index contributed by atoms with van der Waals surface area (Å²) in [4.78, 5) is 0. The van der Waals surface area contributed by atoms with Gasteiger partial charge in [0.25, 0.3) is 0 Å². The molecular weight excluding hydrogens is 290 g/mol. The lowest BCUT2D eigenvalue weighted by atomic mass is 10.1. The average Bonchev–Trinajstić information content (AvgIpc) is 2.34. The Balaban J connectivity index is 2.13. The maximum atomic E-state index is 5.78. The fourth-order valence-corrected chi connectivity index (χ4v) is 2.01. The van der Waals surface area contributed by atoms with Crippen molar-refractivity contribution >= 4 is 33.0 Å². The Hall–Kier alpha value is -1.68. The normalized spacial score (nSPS) is 12.1. The van der Waals surface area contributed by atoms with E-state index in [0.717, 1.165) is 10.2 Å². The van der Waals surface area contributed by atoms with Gasteiger partial charge in [-0.3, -0.25) is 0 Å². The first-order valence-electron chi connectivity index (χ1n) is 5.73. The molecule has 0 heterocycles. The van der Waals surface area contributed by atoms with E-state index in [0.29, 0.717) is 11.4 Å². The van der Waals surface area contributed by atoms with Crippen molar-refractivity contribution in [2.75, 3.05) is 16.8 Å². The van der Waals surface area contributed by atoms with Crippen LogP contribution in [0.2, 0.25) is 0 Å². The van der Waals surface area contributed by atoms with Gasteiger partial charge in [-0.2, -0.15) is 0 Å². The molecular formula is C14H16BrN3. The highest BCUT2D eigenvalue weighted by atomic mass is 79.9. The topological polar surface area (TPSA) is 64.1 Å². The minimum absolute atomic E-state index is 0.209. The van der Waals surface area contributed by atoms with E-state index >= 15 is 0 Å². The Morgan fingerprint density at radius 3 is 2.28 bits per heavy atom. The number of hydrogen-bond donors (Lipinski definition) is 3. The summed E-state index contributed by atoms with van der Waals surface area (Å²) in [5.41, 5.74) is 14.9. The number of rotatable bonds is 3. The highest BCUT2D eigenvalue weighted by molar-refractivity contribution is 9.10. The molecule has 0 aromatic heterocycles. The number of nitrogen functional groups attached to an aromatic ring is 2. The average molecular weight is 306 g/mol. The van der Waals surface area contributed by atoms with Crippen molar-refractivity contribution in [3.05, 3.63) is 52.5 Å². The van der Waals surface area contributed by atoms with E-state index in [1.54, 1.807) is 0 Å². The molecule has 4 heteroatoms. The van der Waals surface area contributed by atoms with Crippen LogP contribution in [0.15, 0.2) is 46.9 Å². The molecule has 0 bridgehead atoms. The van der Waals surface area contributed by atoms with Crippen LogP contribution in [0.4, 0.5) is 17.1 Å². The molecule has 0 aliphatic rings. The van der Waals surface area contributed by atoms with Crippen LogP contribution in [0.25, 0.3) is 0 Å². The summed E-state index contributed by atoms with van der Waals surface area (Å²) in [5.74, 6) is 0. The van der Waals surface area contributed by atoms with Crippen LogP contribution in [-0.2, 0) is 0 Å². The first-order chi connectivity index (χ1) is 8.56. The summed E-state index contributed by atoms with van der Waals surface area (Å²) in [5, 5.41) is 3.39. The SMILES string of the molecule is CC(Nc1ccc(N)c(N)c1)c1ccc(Br)cc1. The molecule has 2 aromatic rings. The molecule has 0 fully saturated rings. The maximum Gasteiger partial charge on any atom is 0.0568 e. The fourth-order valence-electron chi connectivity index (χ4n) is 1.75. The van der Waals surface area contributed by atoms with Crippen LogP contribution >= 0.6 is 15.9 Å². The van der Waals surface area contributed by atoms with E-state index in [1.807, 2.05) is 30.3 Å². The number of benzene rings is 2. The van der Waals surface area contributed by atoms with Crippen molar-refractivity contribution in [1.29, 1.82) is 0 Å². The molecule has 0 amide bonds. The van der Waals surface area contributed by atoms with E-state index in [4.69, 9.17) is 11.5 Å². The Morgan fingerprint density at radius 1 is 1.00 bits per heavy atom. The van der Waals surface area contributed by atoms with Gasteiger partial charge >= 0.3 is 0 Å². The van der Waals surface area contributed by atoms with E-state index < -0.39 is 0 Å². The van der Waals surface area contributed by atoms with E-state index in [2.05, 4.69) is 40.3 Å². The quantitative estimate of drug-likeness (QED) is 0.756. The lowest BCUT2D eigenvalue weighted by molar-refractivity contribution is 0.884. The zero-order valence-electron chi connectivity index (χ0n) is 10.2. The number of hydrogen-bond acceptors (Lipinski definition) is 3. The maximum absolute atomic E-state index is 5.78. The molecule has 1 unspecified atom stereocenters. The molecule has 18 heavy (non-hydrogen) atoms. The molecule has 0 saturated heterocycles. The zero-order valence-corrected chi connectivity index (χ0v) is 11.7. The molecule has 5 N–H and O–H groups in total. The molecule has 0 saturated carbocycles. The van der Waals surface area contributed by atoms with Crippen LogP contribution in [0.3, 0.4) is 0 Å². The Labute approximate surface area is 115 Å². The molecule has 3 nitrogen and oxygen atoms in total. The molecule has 94 valence electrons. The third-order valence-electron chi connectivity index (χ3n) is 2.84. The second kappa shape index (κ2) is 5.31. The molecule has 0 aliphatic carbocycles. The van der Waals surface area contributed by atoms with Crippen molar-refractivity contribution < 1.29 is 0 Å². The third-order valence-corrected chi connectivity index (χ3v) is 3.37. The summed E-state index contributed by atoms with van der Waals surface area (Å²) >= 11 is 3.43. The van der Waals surface area contributed by atoms with Gasteiger partial charge < -0.3 is 16.8 Å². The fraction of sp³-hybridized carbons (Fsp3) is 0.143. The second-order valence-corrected chi connectivity index (χ2v) is 5.18. The Kier molecular flexibility index (Phi) is 3.77. The van der Waals surface area contributed by atoms with Gasteiger partial charge in [-0.25, -0.2) is 0 Å². The lowest BCUT2D eigenvalue weighted by Crippen LogP contribution is -2.07. The molecule has 2 rings (SSSR count). The Bertz CT molecular complexity index is 537. The number of nitrogens with one attached hydrogen (secondary N) is 1. The van der Waals surface area contributed by atoms with E-state index in [9.17, 15) is 0 Å². The standard InChI is InChI=1S/C14H16BrN3/c1-9(10-2-4-11(15)5-3-10)18-12-6-7-13(16)14(17)8-12/h2-9,18H,16-17H2,1H3. The van der Waals surface area contributed by atoms with Crippen LogP contribution in [-0.4, -0.2) is 0 Å². The van der Waals surface area contributed by atoms with Crippen molar-refractivity contribution in [2.45, 2.75) is 13.0 Å². The Morgan fingerprint density at radius 2 is 1.67 bits per heavy atom. The molecule has 0 spiro atoms. The summed E-state index contributed by atoms with van der Waals surface area (Å²) in [6, 6.07) is 14.0. The zero-order chi connectivity index (χ0) is 13.1. The minimum atomic E-state index is 0.209. The van der Waals surface area contributed by atoms with Crippen molar-refractivity contribution in [1.82, 2.24) is 0 Å². The second-order valence-electron chi connectivity index (χ2n) is 4.26. The minimum Gasteiger partial charge on any atom is -0.397 e.